The third-order valence-electron chi connectivity index (χ3n) is 2.91. The lowest BCUT2D eigenvalue weighted by molar-refractivity contribution is 0.102. The molecule has 3 aromatic rings. The van der Waals surface area contributed by atoms with E-state index in [2.05, 4.69) is 47.1 Å². The van der Waals surface area contributed by atoms with Gasteiger partial charge in [-0.25, -0.2) is 4.98 Å². The zero-order chi connectivity index (χ0) is 14.8. The van der Waals surface area contributed by atoms with Crippen molar-refractivity contribution in [3.05, 3.63) is 63.4 Å². The Balaban J connectivity index is 1.96. The minimum absolute atomic E-state index is 0.199. The number of carbonyl (C=O) groups is 1. The summed E-state index contributed by atoms with van der Waals surface area (Å²) in [5.41, 5.74) is 1.96. The van der Waals surface area contributed by atoms with Gasteiger partial charge in [0.15, 0.2) is 0 Å². The van der Waals surface area contributed by atoms with E-state index >= 15 is 0 Å². The van der Waals surface area contributed by atoms with Crippen LogP contribution in [0.5, 0.6) is 0 Å². The minimum Gasteiger partial charge on any atom is -0.320 e. The first-order valence-corrected chi connectivity index (χ1v) is 7.69. The van der Waals surface area contributed by atoms with E-state index in [9.17, 15) is 4.79 Å². The maximum absolute atomic E-state index is 12.3. The fourth-order valence-corrected chi connectivity index (χ4v) is 2.69. The number of nitrogens with one attached hydrogen (secondary N) is 1. The molecule has 4 nitrogen and oxygen atoms in total. The fourth-order valence-electron chi connectivity index (χ4n) is 1.97. The summed E-state index contributed by atoms with van der Waals surface area (Å²) >= 11 is 6.65. The number of hydrogen-bond donors (Lipinski definition) is 1. The lowest BCUT2D eigenvalue weighted by Crippen LogP contribution is -2.12. The average Bonchev–Trinajstić information content (AvgIpc) is 2.47. The largest absolute Gasteiger partial charge is 0.320 e. The highest BCUT2D eigenvalue weighted by Gasteiger charge is 2.10. The number of nitrogens with zero attached hydrogens (tertiary/aromatic N) is 2. The van der Waals surface area contributed by atoms with Gasteiger partial charge in [0.1, 0.15) is 4.60 Å². The molecule has 1 amide bonds. The van der Waals surface area contributed by atoms with E-state index < -0.39 is 0 Å². The van der Waals surface area contributed by atoms with Crippen molar-refractivity contribution in [1.82, 2.24) is 9.97 Å². The van der Waals surface area contributed by atoms with Crippen LogP contribution in [0.2, 0.25) is 0 Å². The number of carbonyl (C=O) groups excluding carboxylic acids is 1. The van der Waals surface area contributed by atoms with Crippen LogP contribution in [0.1, 0.15) is 10.4 Å². The molecule has 0 aliphatic heterocycles. The van der Waals surface area contributed by atoms with E-state index in [4.69, 9.17) is 0 Å². The Morgan fingerprint density at radius 3 is 2.76 bits per heavy atom. The van der Waals surface area contributed by atoms with Crippen LogP contribution < -0.4 is 5.32 Å². The number of rotatable bonds is 2. The highest BCUT2D eigenvalue weighted by atomic mass is 79.9. The van der Waals surface area contributed by atoms with Gasteiger partial charge < -0.3 is 5.32 Å². The van der Waals surface area contributed by atoms with E-state index in [1.165, 1.54) is 0 Å². The van der Waals surface area contributed by atoms with Crippen LogP contribution >= 0.6 is 31.9 Å². The second-order valence-electron chi connectivity index (χ2n) is 4.35. The standard InChI is InChI=1S/C15H9Br2N3O/c16-11-6-9-2-1-3-12(14(9)19-8-11)20-15(21)10-4-5-18-13(17)7-10/h1-8H,(H,20,21). The molecule has 0 aliphatic rings. The molecule has 0 unspecified atom stereocenters. The Morgan fingerprint density at radius 2 is 1.95 bits per heavy atom. The van der Waals surface area contributed by atoms with Gasteiger partial charge in [0.25, 0.3) is 5.91 Å². The molecule has 0 fully saturated rings. The number of amides is 1. The minimum atomic E-state index is -0.199. The fraction of sp³-hybridized carbons (Fsp3) is 0. The third kappa shape index (κ3) is 3.11. The van der Waals surface area contributed by atoms with Crippen LogP contribution in [0.3, 0.4) is 0 Å². The first-order valence-electron chi connectivity index (χ1n) is 6.11. The second kappa shape index (κ2) is 5.91. The van der Waals surface area contributed by atoms with Crippen LogP contribution in [-0.4, -0.2) is 15.9 Å². The van der Waals surface area contributed by atoms with Gasteiger partial charge in [0.05, 0.1) is 11.2 Å². The van der Waals surface area contributed by atoms with Gasteiger partial charge in [-0.1, -0.05) is 12.1 Å². The molecule has 3 rings (SSSR count). The van der Waals surface area contributed by atoms with Crippen LogP contribution in [0.4, 0.5) is 5.69 Å². The molecule has 1 N–H and O–H groups in total. The highest BCUT2D eigenvalue weighted by Crippen LogP contribution is 2.24. The molecule has 2 heterocycles. The summed E-state index contributed by atoms with van der Waals surface area (Å²) in [6.07, 6.45) is 3.29. The zero-order valence-electron chi connectivity index (χ0n) is 10.7. The number of aromatic nitrogens is 2. The van der Waals surface area contributed by atoms with Gasteiger partial charge in [-0.15, -0.1) is 0 Å². The Bertz CT molecular complexity index is 836. The maximum atomic E-state index is 12.3. The molecule has 2 aromatic heterocycles. The Labute approximate surface area is 137 Å². The molecule has 0 atom stereocenters. The van der Waals surface area contributed by atoms with Gasteiger partial charge in [0, 0.05) is 27.8 Å². The summed E-state index contributed by atoms with van der Waals surface area (Å²) in [5, 5.41) is 3.84. The van der Waals surface area contributed by atoms with Crippen molar-refractivity contribution in [2.45, 2.75) is 0 Å². The van der Waals surface area contributed by atoms with Crippen LogP contribution in [0, 0.1) is 0 Å². The Morgan fingerprint density at radius 1 is 1.10 bits per heavy atom. The first kappa shape index (κ1) is 14.2. The lowest BCUT2D eigenvalue weighted by Gasteiger charge is -2.08. The number of halogens is 2. The van der Waals surface area contributed by atoms with Crippen LogP contribution in [-0.2, 0) is 0 Å². The highest BCUT2D eigenvalue weighted by molar-refractivity contribution is 9.10. The summed E-state index contributed by atoms with van der Waals surface area (Å²) < 4.78 is 1.52. The molecule has 1 aromatic carbocycles. The Hall–Kier alpha value is -1.79. The molecule has 104 valence electrons. The van der Waals surface area contributed by atoms with Crippen molar-refractivity contribution in [2.24, 2.45) is 0 Å². The number of anilines is 1. The molecule has 0 saturated heterocycles. The smallest absolute Gasteiger partial charge is 0.255 e. The predicted octanol–water partition coefficient (Wildman–Crippen LogP) is 4.41. The number of hydrogen-bond acceptors (Lipinski definition) is 3. The van der Waals surface area contributed by atoms with Crippen molar-refractivity contribution >= 4 is 54.4 Å². The second-order valence-corrected chi connectivity index (χ2v) is 6.08. The summed E-state index contributed by atoms with van der Waals surface area (Å²) in [4.78, 5) is 20.6. The summed E-state index contributed by atoms with van der Waals surface area (Å²) in [5.74, 6) is -0.199. The van der Waals surface area contributed by atoms with E-state index in [-0.39, 0.29) is 5.91 Å². The third-order valence-corrected chi connectivity index (χ3v) is 3.78. The van der Waals surface area contributed by atoms with Crippen molar-refractivity contribution in [2.75, 3.05) is 5.32 Å². The molecule has 6 heteroatoms. The van der Waals surface area contributed by atoms with E-state index in [0.717, 1.165) is 15.4 Å². The molecule has 21 heavy (non-hydrogen) atoms. The summed E-state index contributed by atoms with van der Waals surface area (Å²) in [6, 6.07) is 11.0. The maximum Gasteiger partial charge on any atom is 0.255 e. The van der Waals surface area contributed by atoms with Gasteiger partial charge in [-0.2, -0.15) is 0 Å². The summed E-state index contributed by atoms with van der Waals surface area (Å²) in [7, 11) is 0. The van der Waals surface area contributed by atoms with Crippen molar-refractivity contribution < 1.29 is 4.79 Å². The van der Waals surface area contributed by atoms with Crippen LogP contribution in [0.25, 0.3) is 10.9 Å². The zero-order valence-corrected chi connectivity index (χ0v) is 13.8. The van der Waals surface area contributed by atoms with E-state index in [1.54, 1.807) is 24.5 Å². The molecule has 0 spiro atoms. The number of pyridine rings is 2. The number of para-hydroxylation sites is 1. The van der Waals surface area contributed by atoms with Crippen molar-refractivity contribution in [3.8, 4) is 0 Å². The van der Waals surface area contributed by atoms with E-state index in [1.807, 2.05) is 24.3 Å². The van der Waals surface area contributed by atoms with E-state index in [0.29, 0.717) is 15.9 Å². The van der Waals surface area contributed by atoms with Crippen molar-refractivity contribution in [1.29, 1.82) is 0 Å². The summed E-state index contributed by atoms with van der Waals surface area (Å²) in [6.45, 7) is 0. The normalized spacial score (nSPS) is 10.6. The molecule has 0 saturated carbocycles. The molecule has 0 aliphatic carbocycles. The predicted molar refractivity (Wildman–Crippen MR) is 89.3 cm³/mol. The SMILES string of the molecule is O=C(Nc1cccc2cc(Br)cnc12)c1ccnc(Br)c1. The number of fused-ring (bicyclic) bond motifs is 1. The quantitative estimate of drug-likeness (QED) is 0.641. The average molecular weight is 407 g/mol. The Kier molecular flexibility index (Phi) is 3.98. The van der Waals surface area contributed by atoms with Crippen molar-refractivity contribution in [3.63, 3.8) is 0 Å². The van der Waals surface area contributed by atoms with Gasteiger partial charge >= 0.3 is 0 Å². The first-order chi connectivity index (χ1) is 10.1. The molecular formula is C15H9Br2N3O. The molecule has 0 bridgehead atoms. The van der Waals surface area contributed by atoms with Gasteiger partial charge in [-0.3, -0.25) is 9.78 Å². The van der Waals surface area contributed by atoms with Gasteiger partial charge in [0.2, 0.25) is 0 Å². The lowest BCUT2D eigenvalue weighted by atomic mass is 10.2. The monoisotopic (exact) mass is 405 g/mol. The molecule has 0 radical (unpaired) electrons. The van der Waals surface area contributed by atoms with Gasteiger partial charge in [-0.05, 0) is 56.1 Å². The number of benzene rings is 1. The van der Waals surface area contributed by atoms with Crippen LogP contribution in [0.15, 0.2) is 57.9 Å². The topological polar surface area (TPSA) is 54.9 Å². The molecular weight excluding hydrogens is 398 g/mol.